The van der Waals surface area contributed by atoms with E-state index in [4.69, 9.17) is 0 Å². The molecule has 20 heavy (non-hydrogen) atoms. The second kappa shape index (κ2) is 7.48. The van der Waals surface area contributed by atoms with Gasteiger partial charge in [-0.3, -0.25) is 4.90 Å². The van der Waals surface area contributed by atoms with Crippen molar-refractivity contribution in [3.63, 3.8) is 0 Å². The Morgan fingerprint density at radius 3 is 2.50 bits per heavy atom. The Kier molecular flexibility index (Phi) is 5.40. The van der Waals surface area contributed by atoms with Gasteiger partial charge in [0.15, 0.2) is 0 Å². The standard InChI is InChI=1S/C17H26N2S/c1-2-10-19(9-1)13-16-7-5-15(6-8-16)12-18-17-4-3-11-20-14-17/h5-8,17-18H,1-4,9-14H2. The van der Waals surface area contributed by atoms with Crippen molar-refractivity contribution in [3.8, 4) is 0 Å². The van der Waals surface area contributed by atoms with Crippen molar-refractivity contribution < 1.29 is 0 Å². The Hall–Kier alpha value is -0.510. The van der Waals surface area contributed by atoms with Crippen LogP contribution in [0.5, 0.6) is 0 Å². The van der Waals surface area contributed by atoms with Crippen LogP contribution in [-0.2, 0) is 13.1 Å². The molecule has 1 N–H and O–H groups in total. The summed E-state index contributed by atoms with van der Waals surface area (Å²) in [5, 5.41) is 3.70. The predicted molar refractivity (Wildman–Crippen MR) is 88.1 cm³/mol. The second-order valence-corrected chi connectivity index (χ2v) is 7.24. The first-order valence-corrected chi connectivity index (χ1v) is 9.17. The van der Waals surface area contributed by atoms with Crippen molar-refractivity contribution in [3.05, 3.63) is 35.4 Å². The lowest BCUT2D eigenvalue weighted by atomic mass is 10.1. The highest BCUT2D eigenvalue weighted by molar-refractivity contribution is 7.99. The molecule has 0 radical (unpaired) electrons. The minimum Gasteiger partial charge on any atom is -0.309 e. The molecule has 0 aromatic heterocycles. The SMILES string of the molecule is c1cc(CN2CCCC2)ccc1CNC1CCCSC1. The average Bonchev–Trinajstić information content (AvgIpc) is 3.01. The summed E-state index contributed by atoms with van der Waals surface area (Å²) < 4.78 is 0. The first-order chi connectivity index (χ1) is 9.90. The van der Waals surface area contributed by atoms with Gasteiger partial charge in [-0.2, -0.15) is 11.8 Å². The van der Waals surface area contributed by atoms with E-state index in [0.717, 1.165) is 19.1 Å². The molecule has 2 saturated heterocycles. The van der Waals surface area contributed by atoms with E-state index in [-0.39, 0.29) is 0 Å². The lowest BCUT2D eigenvalue weighted by Gasteiger charge is -2.22. The number of thioether (sulfide) groups is 1. The van der Waals surface area contributed by atoms with Crippen molar-refractivity contribution in [1.29, 1.82) is 0 Å². The third-order valence-corrected chi connectivity index (χ3v) is 5.60. The van der Waals surface area contributed by atoms with Crippen LogP contribution in [-0.4, -0.2) is 35.5 Å². The minimum absolute atomic E-state index is 0.720. The van der Waals surface area contributed by atoms with Gasteiger partial charge < -0.3 is 5.32 Å². The molecule has 3 heteroatoms. The molecule has 0 saturated carbocycles. The van der Waals surface area contributed by atoms with Gasteiger partial charge in [0.2, 0.25) is 0 Å². The van der Waals surface area contributed by atoms with E-state index < -0.39 is 0 Å². The van der Waals surface area contributed by atoms with Gasteiger partial charge in [-0.1, -0.05) is 24.3 Å². The van der Waals surface area contributed by atoms with Crippen LogP contribution in [0.25, 0.3) is 0 Å². The molecule has 2 aliphatic rings. The zero-order valence-electron chi connectivity index (χ0n) is 12.3. The zero-order chi connectivity index (χ0) is 13.6. The summed E-state index contributed by atoms with van der Waals surface area (Å²) in [4.78, 5) is 2.56. The maximum absolute atomic E-state index is 3.70. The number of likely N-dealkylation sites (tertiary alicyclic amines) is 1. The number of benzene rings is 1. The molecule has 0 aliphatic carbocycles. The smallest absolute Gasteiger partial charge is 0.0233 e. The molecular weight excluding hydrogens is 264 g/mol. The van der Waals surface area contributed by atoms with Gasteiger partial charge >= 0.3 is 0 Å². The van der Waals surface area contributed by atoms with Gasteiger partial charge in [0.05, 0.1) is 0 Å². The normalized spacial score (nSPS) is 24.1. The minimum atomic E-state index is 0.720. The highest BCUT2D eigenvalue weighted by Gasteiger charge is 2.13. The molecule has 2 aliphatic heterocycles. The molecule has 2 nitrogen and oxygen atoms in total. The molecule has 0 amide bonds. The number of hydrogen-bond donors (Lipinski definition) is 1. The van der Waals surface area contributed by atoms with Gasteiger partial charge in [0.25, 0.3) is 0 Å². The molecule has 2 fully saturated rings. The van der Waals surface area contributed by atoms with Crippen molar-refractivity contribution in [2.75, 3.05) is 24.6 Å². The van der Waals surface area contributed by atoms with E-state index in [1.54, 1.807) is 0 Å². The Bertz CT molecular complexity index is 392. The Labute approximate surface area is 127 Å². The molecule has 0 bridgehead atoms. The Morgan fingerprint density at radius 1 is 1.05 bits per heavy atom. The highest BCUT2D eigenvalue weighted by atomic mass is 32.2. The van der Waals surface area contributed by atoms with Gasteiger partial charge in [-0.25, -0.2) is 0 Å². The monoisotopic (exact) mass is 290 g/mol. The van der Waals surface area contributed by atoms with E-state index in [9.17, 15) is 0 Å². The lowest BCUT2D eigenvalue weighted by molar-refractivity contribution is 0.331. The molecule has 0 spiro atoms. The molecule has 1 atom stereocenters. The molecule has 110 valence electrons. The van der Waals surface area contributed by atoms with Crippen LogP contribution < -0.4 is 5.32 Å². The third kappa shape index (κ3) is 4.24. The molecule has 1 unspecified atom stereocenters. The first kappa shape index (κ1) is 14.4. The van der Waals surface area contributed by atoms with Crippen molar-refractivity contribution in [1.82, 2.24) is 10.2 Å². The maximum atomic E-state index is 3.70. The van der Waals surface area contributed by atoms with E-state index in [1.165, 1.54) is 61.4 Å². The molecular formula is C17H26N2S. The topological polar surface area (TPSA) is 15.3 Å². The molecule has 1 aromatic carbocycles. The average molecular weight is 290 g/mol. The number of nitrogens with zero attached hydrogens (tertiary/aromatic N) is 1. The summed E-state index contributed by atoms with van der Waals surface area (Å²) in [5.41, 5.74) is 2.88. The van der Waals surface area contributed by atoms with E-state index >= 15 is 0 Å². The first-order valence-electron chi connectivity index (χ1n) is 8.01. The van der Waals surface area contributed by atoms with E-state index in [2.05, 4.69) is 46.2 Å². The lowest BCUT2D eigenvalue weighted by Crippen LogP contribution is -2.33. The number of nitrogens with one attached hydrogen (secondary N) is 1. The van der Waals surface area contributed by atoms with E-state index in [0.29, 0.717) is 0 Å². The summed E-state index contributed by atoms with van der Waals surface area (Å²) in [5.74, 6) is 2.64. The summed E-state index contributed by atoms with van der Waals surface area (Å²) >= 11 is 2.09. The van der Waals surface area contributed by atoms with Crippen molar-refractivity contribution in [2.45, 2.75) is 44.8 Å². The van der Waals surface area contributed by atoms with Crippen molar-refractivity contribution >= 4 is 11.8 Å². The number of rotatable bonds is 5. The second-order valence-electron chi connectivity index (χ2n) is 6.09. The largest absolute Gasteiger partial charge is 0.309 e. The Morgan fingerprint density at radius 2 is 1.80 bits per heavy atom. The maximum Gasteiger partial charge on any atom is 0.0233 e. The molecule has 3 rings (SSSR count). The van der Waals surface area contributed by atoms with Gasteiger partial charge in [0, 0.05) is 24.9 Å². The van der Waals surface area contributed by atoms with Crippen LogP contribution in [0.15, 0.2) is 24.3 Å². The fourth-order valence-electron chi connectivity index (χ4n) is 3.13. The summed E-state index contributed by atoms with van der Waals surface area (Å²) in [6, 6.07) is 9.94. The third-order valence-electron chi connectivity index (χ3n) is 4.38. The highest BCUT2D eigenvalue weighted by Crippen LogP contribution is 2.17. The van der Waals surface area contributed by atoms with E-state index in [1.807, 2.05) is 0 Å². The fourth-order valence-corrected chi connectivity index (χ4v) is 4.23. The van der Waals surface area contributed by atoms with Gasteiger partial charge in [0.1, 0.15) is 0 Å². The van der Waals surface area contributed by atoms with Crippen LogP contribution in [0.4, 0.5) is 0 Å². The van der Waals surface area contributed by atoms with Crippen LogP contribution in [0.3, 0.4) is 0 Å². The summed E-state index contributed by atoms with van der Waals surface area (Å²) in [7, 11) is 0. The number of hydrogen-bond acceptors (Lipinski definition) is 3. The van der Waals surface area contributed by atoms with Gasteiger partial charge in [-0.15, -0.1) is 0 Å². The van der Waals surface area contributed by atoms with Crippen LogP contribution >= 0.6 is 11.8 Å². The zero-order valence-corrected chi connectivity index (χ0v) is 13.1. The molecule has 2 heterocycles. The summed E-state index contributed by atoms with van der Waals surface area (Å²) in [6.07, 6.45) is 5.47. The fraction of sp³-hybridized carbons (Fsp3) is 0.647. The van der Waals surface area contributed by atoms with Crippen LogP contribution in [0.1, 0.15) is 36.8 Å². The Balaban J connectivity index is 1.45. The predicted octanol–water partition coefficient (Wildman–Crippen LogP) is 3.27. The summed E-state index contributed by atoms with van der Waals surface area (Å²) in [6.45, 7) is 4.72. The van der Waals surface area contributed by atoms with Crippen LogP contribution in [0, 0.1) is 0 Å². The van der Waals surface area contributed by atoms with Crippen LogP contribution in [0.2, 0.25) is 0 Å². The quantitative estimate of drug-likeness (QED) is 0.896. The van der Waals surface area contributed by atoms with Gasteiger partial charge in [-0.05, 0) is 55.7 Å². The molecule has 1 aromatic rings. The van der Waals surface area contributed by atoms with Crippen molar-refractivity contribution in [2.24, 2.45) is 0 Å².